The Morgan fingerprint density at radius 2 is 2.07 bits per heavy atom. The Hall–Kier alpha value is -1.50. The van der Waals surface area contributed by atoms with Gasteiger partial charge in [0.2, 0.25) is 5.91 Å². The summed E-state index contributed by atoms with van der Waals surface area (Å²) in [7, 11) is 0. The first kappa shape index (κ1) is 11.6. The van der Waals surface area contributed by atoms with Gasteiger partial charge in [-0.15, -0.1) is 5.92 Å². The Labute approximate surface area is 89.0 Å². The third-order valence-electron chi connectivity index (χ3n) is 2.68. The molecule has 1 aliphatic rings. The smallest absolute Gasteiger partial charge is 0.306 e. The van der Waals surface area contributed by atoms with Crippen molar-refractivity contribution in [2.45, 2.75) is 26.2 Å². The van der Waals surface area contributed by atoms with Crippen LogP contribution < -0.4 is 5.32 Å². The Bertz CT molecular complexity index is 314. The molecule has 4 heteroatoms. The van der Waals surface area contributed by atoms with Crippen LogP contribution in [0.15, 0.2) is 0 Å². The SMILES string of the molecule is CC#CCNC(=O)[C@@H]1CC[C@H](C(=O)O)C1. The number of carbonyl (C=O) groups excluding carboxylic acids is 1. The topological polar surface area (TPSA) is 66.4 Å². The number of rotatable bonds is 3. The molecule has 4 nitrogen and oxygen atoms in total. The molecular weight excluding hydrogens is 194 g/mol. The molecule has 1 aliphatic carbocycles. The van der Waals surface area contributed by atoms with Crippen LogP contribution in [0, 0.1) is 23.7 Å². The largest absolute Gasteiger partial charge is 0.481 e. The molecule has 0 heterocycles. The highest BCUT2D eigenvalue weighted by Crippen LogP contribution is 2.30. The summed E-state index contributed by atoms with van der Waals surface area (Å²) in [5.74, 6) is 4.06. The summed E-state index contributed by atoms with van der Waals surface area (Å²) < 4.78 is 0. The normalized spacial score (nSPS) is 24.1. The van der Waals surface area contributed by atoms with E-state index in [1.807, 2.05) is 0 Å². The lowest BCUT2D eigenvalue weighted by Gasteiger charge is -2.08. The molecule has 82 valence electrons. The second kappa shape index (κ2) is 5.40. The molecule has 0 radical (unpaired) electrons. The van der Waals surface area contributed by atoms with Crippen molar-refractivity contribution in [2.24, 2.45) is 11.8 Å². The summed E-state index contributed by atoms with van der Waals surface area (Å²) in [4.78, 5) is 22.2. The molecule has 2 N–H and O–H groups in total. The Morgan fingerprint density at radius 3 is 2.60 bits per heavy atom. The van der Waals surface area contributed by atoms with Crippen LogP contribution in [0.5, 0.6) is 0 Å². The highest BCUT2D eigenvalue weighted by molar-refractivity contribution is 5.81. The Balaban J connectivity index is 2.35. The minimum Gasteiger partial charge on any atom is -0.481 e. The lowest BCUT2D eigenvalue weighted by Crippen LogP contribution is -2.30. The number of carbonyl (C=O) groups is 2. The second-order valence-electron chi connectivity index (χ2n) is 3.69. The van der Waals surface area contributed by atoms with Crippen LogP contribution in [0.3, 0.4) is 0 Å². The average Bonchev–Trinajstić information content (AvgIpc) is 2.66. The molecular formula is C11H15NO3. The van der Waals surface area contributed by atoms with Crippen molar-refractivity contribution in [2.75, 3.05) is 6.54 Å². The monoisotopic (exact) mass is 209 g/mol. The van der Waals surface area contributed by atoms with Gasteiger partial charge in [0.15, 0.2) is 0 Å². The standard InChI is InChI=1S/C11H15NO3/c1-2-3-6-12-10(13)8-4-5-9(7-8)11(14)15/h8-9H,4-7H2,1H3,(H,12,13)(H,14,15)/t8-,9+/m1/s1. The van der Waals surface area contributed by atoms with E-state index in [2.05, 4.69) is 17.2 Å². The van der Waals surface area contributed by atoms with E-state index >= 15 is 0 Å². The van der Waals surface area contributed by atoms with E-state index in [0.29, 0.717) is 25.8 Å². The van der Waals surface area contributed by atoms with Gasteiger partial charge in [-0.2, -0.15) is 0 Å². The van der Waals surface area contributed by atoms with Crippen molar-refractivity contribution >= 4 is 11.9 Å². The maximum absolute atomic E-state index is 11.5. The maximum atomic E-state index is 11.5. The van der Waals surface area contributed by atoms with Crippen molar-refractivity contribution in [1.82, 2.24) is 5.32 Å². The van der Waals surface area contributed by atoms with Crippen molar-refractivity contribution in [3.63, 3.8) is 0 Å². The summed E-state index contributed by atoms with van der Waals surface area (Å²) in [6, 6.07) is 0. The average molecular weight is 209 g/mol. The van der Waals surface area contributed by atoms with Crippen molar-refractivity contribution in [1.29, 1.82) is 0 Å². The van der Waals surface area contributed by atoms with Gasteiger partial charge in [0, 0.05) is 5.92 Å². The molecule has 0 bridgehead atoms. The number of hydrogen-bond donors (Lipinski definition) is 2. The van der Waals surface area contributed by atoms with Crippen molar-refractivity contribution in [3.8, 4) is 11.8 Å². The summed E-state index contributed by atoms with van der Waals surface area (Å²) in [6.07, 6.45) is 1.73. The van der Waals surface area contributed by atoms with E-state index in [1.165, 1.54) is 0 Å². The fourth-order valence-electron chi connectivity index (χ4n) is 1.81. The third kappa shape index (κ3) is 3.28. The molecule has 0 aromatic rings. The summed E-state index contributed by atoms with van der Waals surface area (Å²) in [5, 5.41) is 11.5. The van der Waals surface area contributed by atoms with E-state index in [0.717, 1.165) is 0 Å². The van der Waals surface area contributed by atoms with Gasteiger partial charge in [-0.1, -0.05) is 5.92 Å². The summed E-state index contributed by atoms with van der Waals surface area (Å²) in [5.41, 5.74) is 0. The van der Waals surface area contributed by atoms with Crippen molar-refractivity contribution in [3.05, 3.63) is 0 Å². The van der Waals surface area contributed by atoms with Crippen LogP contribution in [-0.4, -0.2) is 23.5 Å². The molecule has 15 heavy (non-hydrogen) atoms. The van der Waals surface area contributed by atoms with E-state index in [-0.39, 0.29) is 17.7 Å². The highest BCUT2D eigenvalue weighted by atomic mass is 16.4. The molecule has 1 saturated carbocycles. The fourth-order valence-corrected chi connectivity index (χ4v) is 1.81. The quantitative estimate of drug-likeness (QED) is 0.670. The summed E-state index contributed by atoms with van der Waals surface area (Å²) in [6.45, 7) is 2.06. The van der Waals surface area contributed by atoms with E-state index in [1.54, 1.807) is 6.92 Å². The van der Waals surface area contributed by atoms with E-state index in [4.69, 9.17) is 5.11 Å². The van der Waals surface area contributed by atoms with Gasteiger partial charge in [0.1, 0.15) is 0 Å². The number of nitrogens with one attached hydrogen (secondary N) is 1. The second-order valence-corrected chi connectivity index (χ2v) is 3.69. The van der Waals surface area contributed by atoms with Gasteiger partial charge in [0.05, 0.1) is 12.5 Å². The first-order valence-corrected chi connectivity index (χ1v) is 5.05. The molecule has 1 amide bonds. The van der Waals surface area contributed by atoms with Gasteiger partial charge >= 0.3 is 5.97 Å². The predicted molar refractivity (Wildman–Crippen MR) is 54.9 cm³/mol. The van der Waals surface area contributed by atoms with Gasteiger partial charge in [-0.05, 0) is 26.2 Å². The van der Waals surface area contributed by atoms with Crippen molar-refractivity contribution < 1.29 is 14.7 Å². The Kier molecular flexibility index (Phi) is 4.17. The molecule has 0 aliphatic heterocycles. The molecule has 0 unspecified atom stereocenters. The minimum atomic E-state index is -0.793. The number of amides is 1. The van der Waals surface area contributed by atoms with E-state index in [9.17, 15) is 9.59 Å². The third-order valence-corrected chi connectivity index (χ3v) is 2.68. The number of carboxylic acid groups (broad SMARTS) is 1. The molecule has 1 rings (SSSR count). The molecule has 0 aromatic carbocycles. The number of aliphatic carboxylic acids is 1. The van der Waals surface area contributed by atoms with Gasteiger partial charge < -0.3 is 10.4 Å². The zero-order valence-electron chi connectivity index (χ0n) is 8.75. The summed E-state index contributed by atoms with van der Waals surface area (Å²) >= 11 is 0. The maximum Gasteiger partial charge on any atom is 0.306 e. The highest BCUT2D eigenvalue weighted by Gasteiger charge is 2.33. The first-order valence-electron chi connectivity index (χ1n) is 5.05. The number of hydrogen-bond acceptors (Lipinski definition) is 2. The number of carboxylic acids is 1. The lowest BCUT2D eigenvalue weighted by atomic mass is 10.0. The van der Waals surface area contributed by atoms with E-state index < -0.39 is 5.97 Å². The molecule has 0 saturated heterocycles. The lowest BCUT2D eigenvalue weighted by molar-refractivity contribution is -0.141. The molecule has 0 spiro atoms. The molecule has 2 atom stereocenters. The first-order chi connectivity index (χ1) is 7.15. The van der Waals surface area contributed by atoms with Crippen LogP contribution in [0.2, 0.25) is 0 Å². The fraction of sp³-hybridized carbons (Fsp3) is 0.636. The zero-order chi connectivity index (χ0) is 11.3. The van der Waals surface area contributed by atoms with Gasteiger partial charge in [0.25, 0.3) is 0 Å². The van der Waals surface area contributed by atoms with Gasteiger partial charge in [-0.3, -0.25) is 9.59 Å². The van der Waals surface area contributed by atoms with Crippen LogP contribution in [0.1, 0.15) is 26.2 Å². The van der Waals surface area contributed by atoms with Crippen LogP contribution in [0.4, 0.5) is 0 Å². The molecule has 0 aromatic heterocycles. The zero-order valence-corrected chi connectivity index (χ0v) is 8.75. The van der Waals surface area contributed by atoms with Crippen LogP contribution in [0.25, 0.3) is 0 Å². The van der Waals surface area contributed by atoms with Crippen LogP contribution >= 0.6 is 0 Å². The Morgan fingerprint density at radius 1 is 1.40 bits per heavy atom. The van der Waals surface area contributed by atoms with Gasteiger partial charge in [-0.25, -0.2) is 0 Å². The van der Waals surface area contributed by atoms with Crippen LogP contribution in [-0.2, 0) is 9.59 Å². The predicted octanol–water partition coefficient (Wildman–Crippen LogP) is 0.627. The molecule has 1 fully saturated rings. The minimum absolute atomic E-state index is 0.0681.